The van der Waals surface area contributed by atoms with Crippen LogP contribution in [-0.2, 0) is 9.53 Å². The number of aromatic nitrogens is 2. The summed E-state index contributed by atoms with van der Waals surface area (Å²) in [6.07, 6.45) is 6.08. The number of fused-ring (bicyclic) bond motifs is 1. The van der Waals surface area contributed by atoms with Gasteiger partial charge >= 0.3 is 5.97 Å². The van der Waals surface area contributed by atoms with E-state index in [4.69, 9.17) is 19.2 Å². The lowest BCUT2D eigenvalue weighted by molar-refractivity contribution is -0.150. The molecule has 2 aromatic carbocycles. The van der Waals surface area contributed by atoms with E-state index in [-0.39, 0.29) is 18.1 Å². The summed E-state index contributed by atoms with van der Waals surface area (Å²) in [5.41, 5.74) is 1.08. The molecule has 0 radical (unpaired) electrons. The zero-order valence-corrected chi connectivity index (χ0v) is 26.1. The van der Waals surface area contributed by atoms with Gasteiger partial charge in [0.15, 0.2) is 17.6 Å². The summed E-state index contributed by atoms with van der Waals surface area (Å²) in [7, 11) is 1.51. The number of rotatable bonds is 8. The summed E-state index contributed by atoms with van der Waals surface area (Å²) >= 11 is 10.6. The maximum absolute atomic E-state index is 13.6. The predicted molar refractivity (Wildman–Crippen MR) is 158 cm³/mol. The average Bonchev–Trinajstić information content (AvgIpc) is 2.92. The Hall–Kier alpha value is -2.24. The molecule has 0 saturated heterocycles. The maximum atomic E-state index is 13.6. The Morgan fingerprint density at radius 1 is 1.18 bits per heavy atom. The van der Waals surface area contributed by atoms with E-state index >= 15 is 0 Å². The molecule has 8 nitrogen and oxygen atoms in total. The molecule has 3 aromatic rings. The fourth-order valence-electron chi connectivity index (χ4n) is 4.47. The number of halogens is 3. The molecule has 1 saturated carbocycles. The van der Waals surface area contributed by atoms with E-state index in [1.807, 2.05) is 12.1 Å². The van der Waals surface area contributed by atoms with Crippen LogP contribution in [-0.4, -0.2) is 41.7 Å². The maximum Gasteiger partial charge on any atom is 0.347 e. The smallest absolute Gasteiger partial charge is 0.347 e. The molecule has 0 aliphatic heterocycles. The minimum absolute atomic E-state index is 0.159. The van der Waals surface area contributed by atoms with Crippen molar-refractivity contribution in [3.8, 4) is 11.5 Å². The number of hydrogen-bond acceptors (Lipinski definition) is 7. The number of ether oxygens (including phenoxy) is 3. The molecule has 4 rings (SSSR count). The Labute approximate surface area is 246 Å². The van der Waals surface area contributed by atoms with Gasteiger partial charge in [-0.1, -0.05) is 35.2 Å². The second-order valence-corrected chi connectivity index (χ2v) is 11.5. The summed E-state index contributed by atoms with van der Waals surface area (Å²) in [6, 6.07) is 7.24. The Balaban J connectivity index is 1.78. The number of benzene rings is 2. The Morgan fingerprint density at radius 3 is 2.61 bits per heavy atom. The monoisotopic (exact) mass is 711 g/mol. The first kappa shape index (κ1) is 28.8. The summed E-state index contributed by atoms with van der Waals surface area (Å²) in [4.78, 5) is 30.6. The summed E-state index contributed by atoms with van der Waals surface area (Å²) in [5.74, 6) is 1.08. The van der Waals surface area contributed by atoms with Gasteiger partial charge < -0.3 is 14.2 Å². The number of carbonyl (C=O) groups excluding carboxylic acids is 1. The minimum Gasteiger partial charge on any atom is -0.493 e. The van der Waals surface area contributed by atoms with Crippen LogP contribution in [0.5, 0.6) is 11.5 Å². The van der Waals surface area contributed by atoms with Gasteiger partial charge in [-0.15, -0.1) is 0 Å². The quantitative estimate of drug-likeness (QED) is 0.185. The van der Waals surface area contributed by atoms with Gasteiger partial charge in [0.2, 0.25) is 0 Å². The van der Waals surface area contributed by atoms with Gasteiger partial charge in [-0.2, -0.15) is 9.78 Å². The lowest BCUT2D eigenvalue weighted by Crippen LogP contribution is -2.26. The molecule has 1 aromatic heterocycles. The fourth-order valence-corrected chi connectivity index (χ4v) is 5.74. The molecule has 11 heteroatoms. The van der Waals surface area contributed by atoms with Crippen molar-refractivity contribution in [3.63, 3.8) is 0 Å². The summed E-state index contributed by atoms with van der Waals surface area (Å²) in [6.45, 7) is 3.60. The van der Waals surface area contributed by atoms with Crippen molar-refractivity contribution in [3.05, 3.63) is 59.4 Å². The van der Waals surface area contributed by atoms with Gasteiger partial charge in [0.25, 0.3) is 5.56 Å². The van der Waals surface area contributed by atoms with E-state index in [2.05, 4.69) is 52.9 Å². The van der Waals surface area contributed by atoms with Crippen molar-refractivity contribution in [1.29, 1.82) is 0 Å². The second-order valence-electron chi connectivity index (χ2n) is 8.97. The lowest BCUT2D eigenvalue weighted by atomic mass is 9.88. The standard InChI is InChI=1S/C27H28Br3N3O5/c1-4-37-27(35)15(2)38-24-21(36-3)12-17(22(29)23(24)30)14-31-33-25(16-8-6-5-7-9-16)32-20-11-10-18(28)13-19(20)26(33)34/h10-16H,4-9H2,1-3H3/t15-/m0/s1. The number of carbonyl (C=O) groups is 1. The molecule has 1 atom stereocenters. The van der Waals surface area contributed by atoms with Gasteiger partial charge in [-0.05, 0) is 82.8 Å². The number of hydrogen-bond donors (Lipinski definition) is 0. The first-order valence-corrected chi connectivity index (χ1v) is 14.8. The van der Waals surface area contributed by atoms with Crippen molar-refractivity contribution in [1.82, 2.24) is 9.66 Å². The number of nitrogens with zero attached hydrogens (tertiary/aromatic N) is 3. The van der Waals surface area contributed by atoms with E-state index in [1.165, 1.54) is 18.2 Å². The highest BCUT2D eigenvalue weighted by Crippen LogP contribution is 2.43. The van der Waals surface area contributed by atoms with Gasteiger partial charge in [0, 0.05) is 20.4 Å². The van der Waals surface area contributed by atoms with Crippen LogP contribution in [0, 0.1) is 0 Å². The minimum atomic E-state index is -0.841. The van der Waals surface area contributed by atoms with Crippen molar-refractivity contribution in [2.45, 2.75) is 58.0 Å². The van der Waals surface area contributed by atoms with Crippen LogP contribution >= 0.6 is 47.8 Å². The molecule has 1 aliphatic carbocycles. The highest BCUT2D eigenvalue weighted by atomic mass is 79.9. The molecule has 1 fully saturated rings. The van der Waals surface area contributed by atoms with Crippen LogP contribution in [0.25, 0.3) is 10.9 Å². The van der Waals surface area contributed by atoms with E-state index in [1.54, 1.807) is 32.2 Å². The SMILES string of the molecule is CCOC(=O)[C@H](C)Oc1c(OC)cc(C=Nn2c(C3CCCCC3)nc3ccc(Br)cc3c2=O)c(Br)c1Br. The van der Waals surface area contributed by atoms with Gasteiger partial charge in [-0.25, -0.2) is 9.78 Å². The predicted octanol–water partition coefficient (Wildman–Crippen LogP) is 6.95. The van der Waals surface area contributed by atoms with E-state index < -0.39 is 12.1 Å². The Bertz CT molecular complexity index is 1430. The zero-order valence-electron chi connectivity index (χ0n) is 21.3. The Morgan fingerprint density at radius 2 is 1.92 bits per heavy atom. The summed E-state index contributed by atoms with van der Waals surface area (Å²) in [5, 5.41) is 5.12. The normalized spacial score (nSPS) is 15.1. The van der Waals surface area contributed by atoms with Crippen LogP contribution < -0.4 is 15.0 Å². The van der Waals surface area contributed by atoms with Crippen LogP contribution in [0.4, 0.5) is 0 Å². The third kappa shape index (κ3) is 6.15. The van der Waals surface area contributed by atoms with Crippen molar-refractivity contribution in [2.24, 2.45) is 5.10 Å². The topological polar surface area (TPSA) is 92.0 Å². The van der Waals surface area contributed by atoms with Crippen LogP contribution in [0.1, 0.15) is 63.3 Å². The molecular formula is C27H28Br3N3O5. The molecule has 38 heavy (non-hydrogen) atoms. The third-order valence-electron chi connectivity index (χ3n) is 6.40. The zero-order chi connectivity index (χ0) is 27.4. The van der Waals surface area contributed by atoms with E-state index in [0.29, 0.717) is 42.7 Å². The molecule has 0 bridgehead atoms. The first-order chi connectivity index (χ1) is 18.2. The molecule has 1 heterocycles. The van der Waals surface area contributed by atoms with Crippen molar-refractivity contribution >= 4 is 70.9 Å². The summed E-state index contributed by atoms with van der Waals surface area (Å²) < 4.78 is 19.8. The molecular weight excluding hydrogens is 686 g/mol. The van der Waals surface area contributed by atoms with Crippen molar-refractivity contribution < 1.29 is 19.0 Å². The van der Waals surface area contributed by atoms with Crippen molar-refractivity contribution in [2.75, 3.05) is 13.7 Å². The van der Waals surface area contributed by atoms with E-state index in [0.717, 1.165) is 30.2 Å². The molecule has 202 valence electrons. The molecule has 0 unspecified atom stereocenters. The molecule has 1 aliphatic rings. The van der Waals surface area contributed by atoms with E-state index in [9.17, 15) is 9.59 Å². The number of methoxy groups -OCH3 is 1. The van der Waals surface area contributed by atoms with Gasteiger partial charge in [0.05, 0.1) is 35.3 Å². The molecule has 0 N–H and O–H groups in total. The third-order valence-corrected chi connectivity index (χ3v) is 9.04. The second kappa shape index (κ2) is 12.7. The first-order valence-electron chi connectivity index (χ1n) is 12.4. The van der Waals surface area contributed by atoms with Gasteiger partial charge in [-0.3, -0.25) is 4.79 Å². The largest absolute Gasteiger partial charge is 0.493 e. The van der Waals surface area contributed by atoms with Gasteiger partial charge in [0.1, 0.15) is 5.82 Å². The highest BCUT2D eigenvalue weighted by Gasteiger charge is 2.24. The molecule has 0 spiro atoms. The van der Waals surface area contributed by atoms with Crippen LogP contribution in [0.2, 0.25) is 0 Å². The van der Waals surface area contributed by atoms with Crippen LogP contribution in [0.3, 0.4) is 0 Å². The molecule has 0 amide bonds. The highest BCUT2D eigenvalue weighted by molar-refractivity contribution is 9.13. The lowest BCUT2D eigenvalue weighted by Gasteiger charge is -2.23. The number of esters is 1. The Kier molecular flexibility index (Phi) is 9.64. The van der Waals surface area contributed by atoms with Crippen LogP contribution in [0.15, 0.2) is 47.6 Å². The average molecular weight is 714 g/mol. The fraction of sp³-hybridized carbons (Fsp3) is 0.407.